The lowest BCUT2D eigenvalue weighted by molar-refractivity contribution is 0.0925. The normalized spacial score (nSPS) is 14.0. The molecule has 2 heterocycles. The van der Waals surface area contributed by atoms with Gasteiger partial charge >= 0.3 is 7.60 Å². The van der Waals surface area contributed by atoms with Crippen LogP contribution in [0.1, 0.15) is 40.3 Å². The first kappa shape index (κ1) is 19.7. The Morgan fingerprint density at radius 2 is 1.59 bits per heavy atom. The van der Waals surface area contributed by atoms with Crippen molar-refractivity contribution in [3.63, 3.8) is 0 Å². The molecule has 27 heavy (non-hydrogen) atoms. The van der Waals surface area contributed by atoms with E-state index < -0.39 is 19.4 Å². The SMILES string of the molecule is CCOP(=O)(Cc1cc(Cl)cc(N2C(=O)c3ccccc3C2=O)n1)OCC. The van der Waals surface area contributed by atoms with Crippen molar-refractivity contribution in [1.82, 2.24) is 4.98 Å². The third kappa shape index (κ3) is 3.96. The van der Waals surface area contributed by atoms with Gasteiger partial charge in [0.05, 0.1) is 36.2 Å². The van der Waals surface area contributed by atoms with Gasteiger partial charge in [0.2, 0.25) is 0 Å². The molecule has 7 nitrogen and oxygen atoms in total. The van der Waals surface area contributed by atoms with Crippen LogP contribution >= 0.6 is 19.2 Å². The number of hydrogen-bond acceptors (Lipinski definition) is 6. The van der Waals surface area contributed by atoms with Crippen LogP contribution < -0.4 is 4.90 Å². The van der Waals surface area contributed by atoms with Crippen molar-refractivity contribution in [1.29, 1.82) is 0 Å². The van der Waals surface area contributed by atoms with Gasteiger partial charge in [0.1, 0.15) is 5.82 Å². The maximum absolute atomic E-state index is 12.8. The average molecular weight is 409 g/mol. The van der Waals surface area contributed by atoms with E-state index in [-0.39, 0.29) is 30.2 Å². The predicted molar refractivity (Wildman–Crippen MR) is 101 cm³/mol. The Balaban J connectivity index is 1.96. The number of imide groups is 1. The lowest BCUT2D eigenvalue weighted by atomic mass is 10.1. The minimum Gasteiger partial charge on any atom is -0.309 e. The Hall–Kier alpha value is -2.05. The van der Waals surface area contributed by atoms with E-state index in [9.17, 15) is 14.2 Å². The Morgan fingerprint density at radius 1 is 1.04 bits per heavy atom. The van der Waals surface area contributed by atoms with Crippen LogP contribution in [0.3, 0.4) is 0 Å². The standard InChI is InChI=1S/C18H18ClN2O5P/c1-3-25-27(24,26-4-2)11-13-9-12(19)10-16(20-13)21-17(22)14-7-5-6-8-15(14)18(21)23/h5-10H,3-4,11H2,1-2H3. The summed E-state index contributed by atoms with van der Waals surface area (Å²) in [5.41, 5.74) is 0.916. The number of benzene rings is 1. The van der Waals surface area contributed by atoms with Crippen LogP contribution in [0.25, 0.3) is 0 Å². The molecular weight excluding hydrogens is 391 g/mol. The Kier molecular flexibility index (Phi) is 5.77. The first-order chi connectivity index (χ1) is 12.9. The van der Waals surface area contributed by atoms with Gasteiger partial charge in [-0.2, -0.15) is 0 Å². The fourth-order valence-corrected chi connectivity index (χ4v) is 4.68. The minimum atomic E-state index is -3.41. The van der Waals surface area contributed by atoms with Crippen molar-refractivity contribution in [2.75, 3.05) is 18.1 Å². The molecule has 0 atom stereocenters. The topological polar surface area (TPSA) is 85.8 Å². The quantitative estimate of drug-likeness (QED) is 0.501. The highest BCUT2D eigenvalue weighted by Gasteiger charge is 2.37. The first-order valence-electron chi connectivity index (χ1n) is 8.41. The number of carbonyl (C=O) groups excluding carboxylic acids is 2. The Bertz CT molecular complexity index is 904. The Morgan fingerprint density at radius 3 is 2.11 bits per heavy atom. The minimum absolute atomic E-state index is 0.0725. The number of halogens is 1. The van der Waals surface area contributed by atoms with Gasteiger partial charge in [0.15, 0.2) is 0 Å². The molecule has 1 aliphatic heterocycles. The van der Waals surface area contributed by atoms with Gasteiger partial charge in [-0.3, -0.25) is 14.2 Å². The molecule has 0 spiro atoms. The van der Waals surface area contributed by atoms with E-state index in [1.165, 1.54) is 12.1 Å². The number of pyridine rings is 1. The second kappa shape index (κ2) is 7.90. The van der Waals surface area contributed by atoms with Crippen LogP contribution in [0, 0.1) is 0 Å². The number of carbonyl (C=O) groups is 2. The highest BCUT2D eigenvalue weighted by Crippen LogP contribution is 2.51. The van der Waals surface area contributed by atoms with Gasteiger partial charge in [-0.25, -0.2) is 9.88 Å². The zero-order valence-electron chi connectivity index (χ0n) is 14.8. The highest BCUT2D eigenvalue weighted by molar-refractivity contribution is 7.53. The predicted octanol–water partition coefficient (Wildman–Crippen LogP) is 4.30. The molecule has 0 fully saturated rings. The number of hydrogen-bond donors (Lipinski definition) is 0. The monoisotopic (exact) mass is 408 g/mol. The van der Waals surface area contributed by atoms with Gasteiger partial charge in [-0.1, -0.05) is 23.7 Å². The van der Waals surface area contributed by atoms with Gasteiger partial charge in [0.25, 0.3) is 11.8 Å². The average Bonchev–Trinajstić information content (AvgIpc) is 2.86. The summed E-state index contributed by atoms with van der Waals surface area (Å²) in [4.78, 5) is 30.6. The third-order valence-electron chi connectivity index (χ3n) is 3.86. The number of fused-ring (bicyclic) bond motifs is 1. The summed E-state index contributed by atoms with van der Waals surface area (Å²) in [5.74, 6) is -0.883. The van der Waals surface area contributed by atoms with Gasteiger partial charge < -0.3 is 9.05 Å². The maximum Gasteiger partial charge on any atom is 0.336 e. The smallest absolute Gasteiger partial charge is 0.309 e. The van der Waals surface area contributed by atoms with Crippen LogP contribution in [0.2, 0.25) is 5.02 Å². The zero-order valence-corrected chi connectivity index (χ0v) is 16.5. The molecule has 0 radical (unpaired) electrons. The molecule has 1 aliphatic rings. The molecule has 2 amide bonds. The van der Waals surface area contributed by atoms with Crippen LogP contribution in [-0.4, -0.2) is 30.0 Å². The molecule has 2 aromatic rings. The first-order valence-corrected chi connectivity index (χ1v) is 10.5. The summed E-state index contributed by atoms with van der Waals surface area (Å²) in [6.07, 6.45) is -0.120. The van der Waals surface area contributed by atoms with E-state index in [1.54, 1.807) is 38.1 Å². The van der Waals surface area contributed by atoms with E-state index in [2.05, 4.69) is 4.98 Å². The molecular formula is C18H18ClN2O5P. The van der Waals surface area contributed by atoms with Crippen molar-refractivity contribution in [2.24, 2.45) is 0 Å². The van der Waals surface area contributed by atoms with Crippen molar-refractivity contribution < 1.29 is 23.2 Å². The zero-order chi connectivity index (χ0) is 19.6. The van der Waals surface area contributed by atoms with Crippen LogP contribution in [0.15, 0.2) is 36.4 Å². The number of amides is 2. The van der Waals surface area contributed by atoms with Crippen molar-refractivity contribution in [3.05, 3.63) is 58.2 Å². The summed E-state index contributed by atoms with van der Waals surface area (Å²) >= 11 is 6.16. The van der Waals surface area contributed by atoms with Gasteiger partial charge in [-0.05, 0) is 32.0 Å². The van der Waals surface area contributed by atoms with E-state index in [0.29, 0.717) is 16.8 Å². The van der Waals surface area contributed by atoms with Crippen molar-refractivity contribution in [3.8, 4) is 0 Å². The number of rotatable bonds is 7. The summed E-state index contributed by atoms with van der Waals surface area (Å²) < 4.78 is 23.3. The molecule has 0 N–H and O–H groups in total. The number of anilines is 1. The molecule has 1 aromatic heterocycles. The molecule has 0 saturated heterocycles. The second-order valence-electron chi connectivity index (χ2n) is 5.73. The molecule has 0 bridgehead atoms. The highest BCUT2D eigenvalue weighted by atomic mass is 35.5. The molecule has 1 aromatic carbocycles. The maximum atomic E-state index is 12.8. The van der Waals surface area contributed by atoms with Gasteiger partial charge in [0, 0.05) is 11.1 Å². The summed E-state index contributed by atoms with van der Waals surface area (Å²) in [5, 5.41) is 0.256. The summed E-state index contributed by atoms with van der Waals surface area (Å²) in [6, 6.07) is 9.46. The molecule has 3 rings (SSSR count). The lowest BCUT2D eigenvalue weighted by Crippen LogP contribution is -2.30. The third-order valence-corrected chi connectivity index (χ3v) is 6.09. The van der Waals surface area contributed by atoms with Crippen molar-refractivity contribution >= 4 is 36.8 Å². The van der Waals surface area contributed by atoms with Crippen LogP contribution in [-0.2, 0) is 19.8 Å². The summed E-state index contributed by atoms with van der Waals surface area (Å²) in [6.45, 7) is 3.84. The second-order valence-corrected chi connectivity index (χ2v) is 8.22. The molecule has 0 saturated carbocycles. The van der Waals surface area contributed by atoms with Crippen LogP contribution in [0.4, 0.5) is 5.82 Å². The molecule has 9 heteroatoms. The fraction of sp³-hybridized carbons (Fsp3) is 0.278. The molecule has 142 valence electrons. The van der Waals surface area contributed by atoms with E-state index >= 15 is 0 Å². The van der Waals surface area contributed by atoms with E-state index in [1.807, 2.05) is 0 Å². The molecule has 0 unspecified atom stereocenters. The Labute approximate surface area is 161 Å². The van der Waals surface area contributed by atoms with E-state index in [4.69, 9.17) is 20.6 Å². The fourth-order valence-electron chi connectivity index (χ4n) is 2.85. The number of aromatic nitrogens is 1. The van der Waals surface area contributed by atoms with E-state index in [0.717, 1.165) is 4.90 Å². The molecule has 0 aliphatic carbocycles. The lowest BCUT2D eigenvalue weighted by Gasteiger charge is -2.18. The van der Waals surface area contributed by atoms with Gasteiger partial charge in [-0.15, -0.1) is 0 Å². The van der Waals surface area contributed by atoms with Crippen LogP contribution in [0.5, 0.6) is 0 Å². The van der Waals surface area contributed by atoms with Crippen molar-refractivity contribution in [2.45, 2.75) is 20.0 Å². The number of nitrogens with zero attached hydrogens (tertiary/aromatic N) is 2. The largest absolute Gasteiger partial charge is 0.336 e. The summed E-state index contributed by atoms with van der Waals surface area (Å²) in [7, 11) is -3.41.